The maximum atomic E-state index is 15.4. The average molecular weight is 783 g/mol. The number of likely N-dealkylation sites (N-methyl/N-ethyl adjacent to an activating group) is 1. The Bertz CT molecular complexity index is 1890. The number of hydrogen-bond donors (Lipinski definition) is 4. The van der Waals surface area contributed by atoms with Gasteiger partial charge in [-0.25, -0.2) is 19.0 Å². The van der Waals surface area contributed by atoms with Crippen LogP contribution in [-0.2, 0) is 28.8 Å². The van der Waals surface area contributed by atoms with Gasteiger partial charge in [-0.05, 0) is 18.2 Å². The van der Waals surface area contributed by atoms with E-state index in [9.17, 15) is 37.9 Å². The number of fused-ring (bicyclic) bond motifs is 1. The van der Waals surface area contributed by atoms with Crippen LogP contribution in [-0.4, -0.2) is 145 Å². The highest BCUT2D eigenvalue weighted by Crippen LogP contribution is 2.41. The average Bonchev–Trinajstić information content (AvgIpc) is 3.72. The van der Waals surface area contributed by atoms with E-state index in [4.69, 9.17) is 15.3 Å². The standard InChI is InChI=1S/C31H34F3N9O8S2/c1-43(7-5-40(6-8-43)20-4-3-16(9-18(20)32)41-11-17(51-31(41)49)10-36-26(45)24(33)34)12-15-13-52-28-22(27(46)42(28)23(15)29(47)48)38-25(44)21(39-50-2)19-14-53-30(35)37-19/h3-4,9,14,17,22,24,28H,5-8,10-13H2,1-2H3,(H4-,35,36,37,38,44,45,47,48)/p+1/b39-21-/t17-,22+,28?/m0/s1. The van der Waals surface area contributed by atoms with E-state index in [2.05, 4.69) is 15.5 Å². The highest BCUT2D eigenvalue weighted by Gasteiger charge is 2.55. The monoisotopic (exact) mass is 782 g/mol. The number of thioether (sulfide) groups is 1. The predicted octanol–water partition coefficient (Wildman–Crippen LogP) is 0.627. The number of anilines is 3. The van der Waals surface area contributed by atoms with Gasteiger partial charge in [0.2, 0.25) is 0 Å². The van der Waals surface area contributed by atoms with Crippen molar-refractivity contribution in [1.29, 1.82) is 0 Å². The van der Waals surface area contributed by atoms with Crippen molar-refractivity contribution in [2.24, 2.45) is 5.16 Å². The number of ether oxygens (including phenoxy) is 1. The van der Waals surface area contributed by atoms with E-state index in [0.29, 0.717) is 54.2 Å². The molecule has 22 heteroatoms. The molecule has 0 aliphatic carbocycles. The zero-order chi connectivity index (χ0) is 38.2. The number of β-lactam (4-membered cyclic amide) rings is 1. The van der Waals surface area contributed by atoms with Crippen molar-refractivity contribution in [2.45, 2.75) is 23.9 Å². The Morgan fingerprint density at radius 2 is 1.98 bits per heavy atom. The Morgan fingerprint density at radius 1 is 1.25 bits per heavy atom. The Kier molecular flexibility index (Phi) is 10.7. The zero-order valence-electron chi connectivity index (χ0n) is 28.3. The molecule has 0 radical (unpaired) electrons. The number of oxime groups is 1. The van der Waals surface area contributed by atoms with Gasteiger partial charge in [0.05, 0.1) is 57.7 Å². The minimum absolute atomic E-state index is 0.0699. The van der Waals surface area contributed by atoms with Gasteiger partial charge < -0.3 is 40.4 Å². The molecule has 3 fully saturated rings. The van der Waals surface area contributed by atoms with Crippen molar-refractivity contribution in [1.82, 2.24) is 20.5 Å². The third kappa shape index (κ3) is 7.69. The summed E-state index contributed by atoms with van der Waals surface area (Å²) in [7, 11) is 3.21. The van der Waals surface area contributed by atoms with Gasteiger partial charge in [-0.2, -0.15) is 8.78 Å². The lowest BCUT2D eigenvalue weighted by molar-refractivity contribution is -0.905. The molecule has 4 aliphatic rings. The van der Waals surface area contributed by atoms with Gasteiger partial charge in [0.1, 0.15) is 48.4 Å². The number of nitrogens with two attached hydrogens (primary N) is 1. The number of thiazole rings is 1. The lowest BCUT2D eigenvalue weighted by atomic mass is 10.0. The van der Waals surface area contributed by atoms with Gasteiger partial charge in [0, 0.05) is 16.7 Å². The molecular formula is C31H35F3N9O8S2+. The zero-order valence-corrected chi connectivity index (χ0v) is 29.9. The number of aromatic nitrogens is 1. The van der Waals surface area contributed by atoms with Crippen LogP contribution in [0.3, 0.4) is 0 Å². The topological polar surface area (TPSA) is 209 Å². The number of carboxylic acid groups (broad SMARTS) is 1. The first-order valence-electron chi connectivity index (χ1n) is 16.1. The molecule has 6 rings (SSSR count). The van der Waals surface area contributed by atoms with Gasteiger partial charge in [-0.1, -0.05) is 5.16 Å². The number of hydrogen-bond acceptors (Lipinski definition) is 13. The van der Waals surface area contributed by atoms with Crippen LogP contribution in [0.5, 0.6) is 0 Å². The van der Waals surface area contributed by atoms with E-state index in [-0.39, 0.29) is 41.0 Å². The minimum atomic E-state index is -3.20. The third-order valence-corrected chi connectivity index (χ3v) is 11.3. The number of piperazine rings is 1. The number of nitrogens with zero attached hydrogens (tertiary/aromatic N) is 6. The number of amides is 4. The molecule has 5 heterocycles. The first-order valence-corrected chi connectivity index (χ1v) is 18.1. The largest absolute Gasteiger partial charge is 0.477 e. The van der Waals surface area contributed by atoms with Gasteiger partial charge in [-0.3, -0.25) is 24.2 Å². The molecule has 0 spiro atoms. The lowest BCUT2D eigenvalue weighted by Gasteiger charge is -2.50. The van der Waals surface area contributed by atoms with Crippen LogP contribution in [0, 0.1) is 5.82 Å². The normalized spacial score (nSPS) is 22.7. The van der Waals surface area contributed by atoms with Crippen LogP contribution >= 0.6 is 23.1 Å². The van der Waals surface area contributed by atoms with Crippen molar-refractivity contribution >= 4 is 75.1 Å². The summed E-state index contributed by atoms with van der Waals surface area (Å²) in [5, 5.41) is 19.7. The Balaban J connectivity index is 1.07. The van der Waals surface area contributed by atoms with Crippen LogP contribution in [0.4, 0.5) is 34.5 Å². The molecular weight excluding hydrogens is 748 g/mol. The summed E-state index contributed by atoms with van der Waals surface area (Å²) in [6.45, 7) is 1.82. The number of aliphatic carboxylic acids is 1. The number of quaternary nitrogens is 1. The number of alkyl halides is 2. The molecule has 0 bridgehead atoms. The maximum absolute atomic E-state index is 15.4. The van der Waals surface area contributed by atoms with Gasteiger partial charge in [-0.15, -0.1) is 23.1 Å². The highest BCUT2D eigenvalue weighted by atomic mass is 32.2. The van der Waals surface area contributed by atoms with Gasteiger partial charge >= 0.3 is 18.5 Å². The van der Waals surface area contributed by atoms with Gasteiger partial charge in [0.15, 0.2) is 10.8 Å². The van der Waals surface area contributed by atoms with Crippen LogP contribution in [0.2, 0.25) is 0 Å². The molecule has 17 nitrogen and oxygen atoms in total. The minimum Gasteiger partial charge on any atom is -0.477 e. The summed E-state index contributed by atoms with van der Waals surface area (Å²) >= 11 is 2.43. The fraction of sp³-hybridized carbons (Fsp3) is 0.452. The summed E-state index contributed by atoms with van der Waals surface area (Å²) < 4.78 is 45.9. The third-order valence-electron chi connectivity index (χ3n) is 9.25. The van der Waals surface area contributed by atoms with Crippen LogP contribution in [0.1, 0.15) is 5.69 Å². The smallest absolute Gasteiger partial charge is 0.414 e. The van der Waals surface area contributed by atoms with Crippen LogP contribution in [0.25, 0.3) is 0 Å². The van der Waals surface area contributed by atoms with Crippen LogP contribution < -0.4 is 26.2 Å². The van der Waals surface area contributed by atoms with E-state index in [1.54, 1.807) is 6.07 Å². The summed E-state index contributed by atoms with van der Waals surface area (Å²) in [6, 6.07) is 3.25. The van der Waals surface area contributed by atoms with Crippen molar-refractivity contribution < 1.29 is 56.3 Å². The second kappa shape index (κ2) is 15.1. The second-order valence-electron chi connectivity index (χ2n) is 12.8. The van der Waals surface area contributed by atoms with Crippen molar-refractivity contribution in [3.63, 3.8) is 0 Å². The van der Waals surface area contributed by atoms with E-state index in [1.807, 2.05) is 17.3 Å². The van der Waals surface area contributed by atoms with Crippen LogP contribution in [0.15, 0.2) is 40.0 Å². The van der Waals surface area contributed by atoms with E-state index in [1.165, 1.54) is 41.3 Å². The fourth-order valence-electron chi connectivity index (χ4n) is 6.56. The number of rotatable bonds is 12. The van der Waals surface area contributed by atoms with Crippen molar-refractivity contribution in [3.05, 3.63) is 46.4 Å². The molecule has 4 amide bonds. The number of cyclic esters (lactones) is 1. The Morgan fingerprint density at radius 3 is 2.60 bits per heavy atom. The number of nitrogen functional groups attached to an aromatic ring is 1. The Hall–Kier alpha value is -5.09. The number of halogens is 3. The SMILES string of the molecule is CO/N=C(\C(=O)N[C@@H]1C(=O)N2C(C(=O)O)=C(C[N+]3(C)CCN(c4ccc(N5C[C@H](CNC(=O)C(F)F)OC5=O)cc4F)CC3)CSC12)c1csc(N)n1. The molecule has 4 aliphatic heterocycles. The summed E-state index contributed by atoms with van der Waals surface area (Å²) in [5.41, 5.74) is 6.61. The number of carbonyl (C=O) groups is 5. The van der Waals surface area contributed by atoms with Crippen molar-refractivity contribution in [3.8, 4) is 0 Å². The second-order valence-corrected chi connectivity index (χ2v) is 14.8. The Labute approximate surface area is 308 Å². The highest BCUT2D eigenvalue weighted by molar-refractivity contribution is 8.00. The molecule has 2 aromatic rings. The summed E-state index contributed by atoms with van der Waals surface area (Å²) in [4.78, 5) is 75.5. The predicted molar refractivity (Wildman–Crippen MR) is 186 cm³/mol. The molecule has 53 heavy (non-hydrogen) atoms. The quantitative estimate of drug-likeness (QED) is 0.101. The molecule has 0 saturated carbocycles. The number of carboxylic acids is 1. The first kappa shape index (κ1) is 37.7. The summed E-state index contributed by atoms with van der Waals surface area (Å²) in [5.74, 6) is -4.35. The fourth-order valence-corrected chi connectivity index (χ4v) is 8.45. The molecule has 1 aromatic carbocycles. The van der Waals surface area contributed by atoms with E-state index in [0.717, 1.165) is 16.2 Å². The first-order chi connectivity index (χ1) is 25.2. The molecule has 1 aromatic heterocycles. The maximum Gasteiger partial charge on any atom is 0.414 e. The molecule has 5 N–H and O–H groups in total. The van der Waals surface area contributed by atoms with Crippen molar-refractivity contribution in [2.75, 3.05) is 81.3 Å². The lowest BCUT2D eigenvalue weighted by Crippen LogP contribution is -2.71. The molecule has 1 unspecified atom stereocenters. The van der Waals surface area contributed by atoms with Gasteiger partial charge in [0.25, 0.3) is 17.7 Å². The molecule has 3 saturated heterocycles. The number of carbonyl (C=O) groups excluding carboxylic acids is 4. The number of nitrogens with one attached hydrogen (secondary N) is 2. The van der Waals surface area contributed by atoms with E-state index < -0.39 is 59.5 Å². The number of benzene rings is 1. The molecule has 3 atom stereocenters. The molecule has 284 valence electrons. The summed E-state index contributed by atoms with van der Waals surface area (Å²) in [6.07, 6.45) is -4.89. The van der Waals surface area contributed by atoms with E-state index >= 15 is 4.39 Å².